The van der Waals surface area contributed by atoms with E-state index in [9.17, 15) is 10.1 Å². The molecule has 1 aromatic heterocycles. The van der Waals surface area contributed by atoms with Crippen LogP contribution < -0.4 is 5.32 Å². The van der Waals surface area contributed by atoms with Crippen molar-refractivity contribution in [2.24, 2.45) is 0 Å². The lowest BCUT2D eigenvalue weighted by Crippen LogP contribution is -2.07. The average molecular weight is 284 g/mol. The van der Waals surface area contributed by atoms with Gasteiger partial charge in [-0.2, -0.15) is 0 Å². The van der Waals surface area contributed by atoms with Gasteiger partial charge in [0.15, 0.2) is 0 Å². The van der Waals surface area contributed by atoms with Gasteiger partial charge in [0.1, 0.15) is 5.69 Å². The van der Waals surface area contributed by atoms with Crippen LogP contribution in [-0.2, 0) is 6.42 Å². The first-order chi connectivity index (χ1) is 8.66. The minimum atomic E-state index is -0.429. The van der Waals surface area contributed by atoms with Crippen LogP contribution >= 0.6 is 22.9 Å². The predicted octanol–water partition coefficient (Wildman–Crippen LogP) is 3.36. The third-order valence-electron chi connectivity index (χ3n) is 2.34. The normalized spacial score (nSPS) is 10.3. The zero-order valence-electron chi connectivity index (χ0n) is 9.30. The van der Waals surface area contributed by atoms with E-state index < -0.39 is 4.92 Å². The Balaban J connectivity index is 2.03. The van der Waals surface area contributed by atoms with Gasteiger partial charge in [0.2, 0.25) is 0 Å². The van der Waals surface area contributed by atoms with Crippen LogP contribution in [0, 0.1) is 10.1 Å². The van der Waals surface area contributed by atoms with Gasteiger partial charge < -0.3 is 5.32 Å². The van der Waals surface area contributed by atoms with E-state index in [4.69, 9.17) is 11.6 Å². The Morgan fingerprint density at radius 1 is 1.50 bits per heavy atom. The molecule has 18 heavy (non-hydrogen) atoms. The maximum Gasteiger partial charge on any atom is 0.292 e. The topological polar surface area (TPSA) is 68.1 Å². The van der Waals surface area contributed by atoms with Gasteiger partial charge in [-0.25, -0.2) is 4.98 Å². The second-order valence-corrected chi connectivity index (χ2v) is 4.73. The van der Waals surface area contributed by atoms with Crippen molar-refractivity contribution in [3.05, 3.63) is 49.9 Å². The first-order valence-corrected chi connectivity index (χ1v) is 6.54. The van der Waals surface area contributed by atoms with Crippen molar-refractivity contribution < 1.29 is 4.92 Å². The van der Waals surface area contributed by atoms with Crippen molar-refractivity contribution in [2.75, 3.05) is 11.9 Å². The molecule has 0 aliphatic heterocycles. The van der Waals surface area contributed by atoms with Crippen molar-refractivity contribution in [3.63, 3.8) is 0 Å². The van der Waals surface area contributed by atoms with Crippen LogP contribution in [0.1, 0.15) is 5.69 Å². The molecular weight excluding hydrogens is 274 g/mol. The molecule has 5 nitrogen and oxygen atoms in total. The van der Waals surface area contributed by atoms with Gasteiger partial charge in [-0.3, -0.25) is 10.1 Å². The molecule has 0 aliphatic rings. The smallest absolute Gasteiger partial charge is 0.292 e. The summed E-state index contributed by atoms with van der Waals surface area (Å²) >= 11 is 7.35. The van der Waals surface area contributed by atoms with Crippen molar-refractivity contribution >= 4 is 34.3 Å². The second kappa shape index (κ2) is 5.79. The summed E-state index contributed by atoms with van der Waals surface area (Å²) in [7, 11) is 0. The molecule has 0 radical (unpaired) electrons. The highest BCUT2D eigenvalue weighted by atomic mass is 35.5. The van der Waals surface area contributed by atoms with Crippen LogP contribution in [0.25, 0.3) is 0 Å². The molecule has 0 atom stereocenters. The SMILES string of the molecule is O=[N+]([O-])c1ccc(Cl)cc1NCCc1cscn1. The minimum absolute atomic E-state index is 0.0256. The zero-order chi connectivity index (χ0) is 13.0. The van der Waals surface area contributed by atoms with E-state index in [1.807, 2.05) is 5.38 Å². The van der Waals surface area contributed by atoms with Crippen LogP contribution in [0.5, 0.6) is 0 Å². The Morgan fingerprint density at radius 3 is 3.00 bits per heavy atom. The molecule has 2 rings (SSSR count). The molecule has 1 N–H and O–H groups in total. The quantitative estimate of drug-likeness (QED) is 0.675. The molecule has 7 heteroatoms. The molecule has 1 aromatic carbocycles. The minimum Gasteiger partial charge on any atom is -0.379 e. The Labute approximate surface area is 113 Å². The van der Waals surface area contributed by atoms with Crippen LogP contribution in [0.2, 0.25) is 5.02 Å². The molecule has 1 heterocycles. The number of benzene rings is 1. The van der Waals surface area contributed by atoms with E-state index in [0.717, 1.165) is 5.69 Å². The highest BCUT2D eigenvalue weighted by Gasteiger charge is 2.13. The van der Waals surface area contributed by atoms with E-state index in [1.165, 1.54) is 23.5 Å². The summed E-state index contributed by atoms with van der Waals surface area (Å²) in [6, 6.07) is 4.46. The average Bonchev–Trinajstić information content (AvgIpc) is 2.82. The molecular formula is C11H10ClN3O2S. The van der Waals surface area contributed by atoms with Crippen molar-refractivity contribution in [1.29, 1.82) is 0 Å². The maximum atomic E-state index is 10.8. The lowest BCUT2D eigenvalue weighted by atomic mass is 10.2. The number of nitro benzene ring substituents is 1. The Bertz CT molecular complexity index is 545. The van der Waals surface area contributed by atoms with E-state index in [0.29, 0.717) is 23.7 Å². The van der Waals surface area contributed by atoms with Crippen LogP contribution in [-0.4, -0.2) is 16.5 Å². The third-order valence-corrected chi connectivity index (χ3v) is 3.21. The second-order valence-electron chi connectivity index (χ2n) is 3.58. The lowest BCUT2D eigenvalue weighted by Gasteiger charge is -2.06. The van der Waals surface area contributed by atoms with Crippen LogP contribution in [0.3, 0.4) is 0 Å². The highest BCUT2D eigenvalue weighted by molar-refractivity contribution is 7.07. The van der Waals surface area contributed by atoms with Gasteiger partial charge in [-0.1, -0.05) is 11.6 Å². The van der Waals surface area contributed by atoms with Crippen molar-refractivity contribution in [1.82, 2.24) is 4.98 Å². The highest BCUT2D eigenvalue weighted by Crippen LogP contribution is 2.27. The summed E-state index contributed by atoms with van der Waals surface area (Å²) in [5.74, 6) is 0. The molecule has 0 saturated carbocycles. The van der Waals surface area contributed by atoms with E-state index in [-0.39, 0.29) is 5.69 Å². The van der Waals surface area contributed by atoms with Crippen LogP contribution in [0.4, 0.5) is 11.4 Å². The van der Waals surface area contributed by atoms with Gasteiger partial charge >= 0.3 is 0 Å². The molecule has 0 saturated heterocycles. The maximum absolute atomic E-state index is 10.8. The fourth-order valence-corrected chi connectivity index (χ4v) is 2.26. The van der Waals surface area contributed by atoms with Crippen molar-refractivity contribution in [2.45, 2.75) is 6.42 Å². The molecule has 94 valence electrons. The van der Waals surface area contributed by atoms with Gasteiger partial charge in [0.05, 0.1) is 16.1 Å². The van der Waals surface area contributed by atoms with E-state index >= 15 is 0 Å². The fraction of sp³-hybridized carbons (Fsp3) is 0.182. The summed E-state index contributed by atoms with van der Waals surface area (Å²) in [6.45, 7) is 0.574. The summed E-state index contributed by atoms with van der Waals surface area (Å²) in [6.07, 6.45) is 0.715. The molecule has 0 bridgehead atoms. The van der Waals surface area contributed by atoms with Gasteiger partial charge in [0, 0.05) is 29.4 Å². The molecule has 0 aliphatic carbocycles. The predicted molar refractivity (Wildman–Crippen MR) is 72.4 cm³/mol. The number of anilines is 1. The first-order valence-electron chi connectivity index (χ1n) is 5.21. The molecule has 0 spiro atoms. The third kappa shape index (κ3) is 3.18. The number of rotatable bonds is 5. The monoisotopic (exact) mass is 283 g/mol. The standard InChI is InChI=1S/C11H10ClN3O2S/c12-8-1-2-11(15(16)17)10(5-8)13-4-3-9-6-18-7-14-9/h1-2,5-7,13H,3-4H2. The van der Waals surface area contributed by atoms with Gasteiger partial charge in [0.25, 0.3) is 5.69 Å². The summed E-state index contributed by atoms with van der Waals surface area (Å²) in [4.78, 5) is 14.5. The first kappa shape index (κ1) is 12.8. The Kier molecular flexibility index (Phi) is 4.11. The number of nitro groups is 1. The zero-order valence-corrected chi connectivity index (χ0v) is 10.9. The number of nitrogens with zero attached hydrogens (tertiary/aromatic N) is 2. The number of halogens is 1. The molecule has 0 fully saturated rings. The molecule has 2 aromatic rings. The van der Waals surface area contributed by atoms with Crippen molar-refractivity contribution in [3.8, 4) is 0 Å². The van der Waals surface area contributed by atoms with Gasteiger partial charge in [-0.05, 0) is 12.1 Å². The molecule has 0 amide bonds. The Hall–Kier alpha value is -1.66. The number of aromatic nitrogens is 1. The lowest BCUT2D eigenvalue weighted by molar-refractivity contribution is -0.384. The van der Waals surface area contributed by atoms with E-state index in [2.05, 4.69) is 10.3 Å². The van der Waals surface area contributed by atoms with Gasteiger partial charge in [-0.15, -0.1) is 11.3 Å². The summed E-state index contributed by atoms with van der Waals surface area (Å²) < 4.78 is 0. The fourth-order valence-electron chi connectivity index (χ4n) is 1.50. The number of hydrogen-bond acceptors (Lipinski definition) is 5. The summed E-state index contributed by atoms with van der Waals surface area (Å²) in [5, 5.41) is 16.3. The number of nitrogens with one attached hydrogen (secondary N) is 1. The number of thiazole rings is 1. The Morgan fingerprint density at radius 2 is 2.33 bits per heavy atom. The molecule has 0 unspecified atom stereocenters. The largest absolute Gasteiger partial charge is 0.379 e. The van der Waals surface area contributed by atoms with Crippen LogP contribution in [0.15, 0.2) is 29.1 Å². The number of hydrogen-bond donors (Lipinski definition) is 1. The summed E-state index contributed by atoms with van der Waals surface area (Å²) in [5.41, 5.74) is 3.19. The van der Waals surface area contributed by atoms with E-state index in [1.54, 1.807) is 11.6 Å².